The van der Waals surface area contributed by atoms with Gasteiger partial charge in [0.15, 0.2) is 0 Å². The van der Waals surface area contributed by atoms with E-state index in [9.17, 15) is 4.79 Å². The lowest BCUT2D eigenvalue weighted by atomic mass is 10.0. The quantitative estimate of drug-likeness (QED) is 0.664. The summed E-state index contributed by atoms with van der Waals surface area (Å²) in [6.07, 6.45) is 0. The molecular weight excluding hydrogens is 198 g/mol. The van der Waals surface area contributed by atoms with Gasteiger partial charge < -0.3 is 20.7 Å². The molecule has 0 aliphatic rings. The Kier molecular flexibility index (Phi) is 3.65. The SMILES string of the molecule is COc1ccc(CO)c([C@H](N)C(=O)O)c1. The highest BCUT2D eigenvalue weighted by Crippen LogP contribution is 2.22. The molecule has 1 aromatic carbocycles. The number of ether oxygens (including phenoxy) is 1. The fourth-order valence-corrected chi connectivity index (χ4v) is 1.27. The molecule has 0 radical (unpaired) electrons. The van der Waals surface area contributed by atoms with Crippen LogP contribution < -0.4 is 10.5 Å². The largest absolute Gasteiger partial charge is 0.497 e. The summed E-state index contributed by atoms with van der Waals surface area (Å²) in [7, 11) is 1.48. The molecule has 5 heteroatoms. The lowest BCUT2D eigenvalue weighted by molar-refractivity contribution is -0.138. The molecule has 0 aromatic heterocycles. The van der Waals surface area contributed by atoms with E-state index in [4.69, 9.17) is 20.7 Å². The molecule has 1 rings (SSSR count). The molecule has 82 valence electrons. The van der Waals surface area contributed by atoms with Crippen molar-refractivity contribution in [3.8, 4) is 5.75 Å². The molecule has 0 saturated carbocycles. The summed E-state index contributed by atoms with van der Waals surface area (Å²) in [6, 6.07) is 3.60. The maximum absolute atomic E-state index is 10.7. The Morgan fingerprint density at radius 3 is 2.73 bits per heavy atom. The van der Waals surface area contributed by atoms with E-state index in [1.165, 1.54) is 13.2 Å². The van der Waals surface area contributed by atoms with E-state index in [0.717, 1.165) is 0 Å². The smallest absolute Gasteiger partial charge is 0.325 e. The highest BCUT2D eigenvalue weighted by molar-refractivity contribution is 5.76. The third kappa shape index (κ3) is 2.45. The molecule has 0 aliphatic heterocycles. The predicted octanol–water partition coefficient (Wildman–Crippen LogP) is 0.272. The molecule has 5 nitrogen and oxygen atoms in total. The van der Waals surface area contributed by atoms with Crippen LogP contribution in [0.2, 0.25) is 0 Å². The maximum Gasteiger partial charge on any atom is 0.325 e. The Morgan fingerprint density at radius 1 is 1.60 bits per heavy atom. The van der Waals surface area contributed by atoms with Gasteiger partial charge in [-0.15, -0.1) is 0 Å². The number of nitrogens with two attached hydrogens (primary N) is 1. The molecule has 0 spiro atoms. The van der Waals surface area contributed by atoms with Crippen LogP contribution in [0, 0.1) is 0 Å². The van der Waals surface area contributed by atoms with Gasteiger partial charge in [0.1, 0.15) is 11.8 Å². The second-order valence-electron chi connectivity index (χ2n) is 3.04. The fraction of sp³-hybridized carbons (Fsp3) is 0.300. The normalized spacial score (nSPS) is 12.2. The lowest BCUT2D eigenvalue weighted by Gasteiger charge is -2.12. The first-order chi connectivity index (χ1) is 7.10. The van der Waals surface area contributed by atoms with Crippen LogP contribution in [0.1, 0.15) is 17.2 Å². The Hall–Kier alpha value is -1.59. The van der Waals surface area contributed by atoms with E-state index in [0.29, 0.717) is 16.9 Å². The van der Waals surface area contributed by atoms with Gasteiger partial charge in [0, 0.05) is 0 Å². The van der Waals surface area contributed by atoms with Crippen LogP contribution >= 0.6 is 0 Å². The molecule has 0 bridgehead atoms. The van der Waals surface area contributed by atoms with E-state index in [1.807, 2.05) is 0 Å². The first-order valence-electron chi connectivity index (χ1n) is 4.36. The van der Waals surface area contributed by atoms with E-state index < -0.39 is 12.0 Å². The van der Waals surface area contributed by atoms with Gasteiger partial charge >= 0.3 is 5.97 Å². The zero-order chi connectivity index (χ0) is 11.4. The van der Waals surface area contributed by atoms with Crippen LogP contribution in [-0.2, 0) is 11.4 Å². The molecule has 0 saturated heterocycles. The van der Waals surface area contributed by atoms with E-state index in [-0.39, 0.29) is 6.61 Å². The molecule has 0 heterocycles. The number of aliphatic carboxylic acids is 1. The molecule has 0 amide bonds. The molecule has 15 heavy (non-hydrogen) atoms. The molecule has 1 atom stereocenters. The van der Waals surface area contributed by atoms with Crippen molar-refractivity contribution in [3.63, 3.8) is 0 Å². The zero-order valence-electron chi connectivity index (χ0n) is 8.30. The van der Waals surface area contributed by atoms with Gasteiger partial charge in [-0.05, 0) is 23.3 Å². The number of rotatable bonds is 4. The number of aliphatic hydroxyl groups is 1. The van der Waals surface area contributed by atoms with E-state index >= 15 is 0 Å². The van der Waals surface area contributed by atoms with Gasteiger partial charge in [-0.1, -0.05) is 6.07 Å². The highest BCUT2D eigenvalue weighted by Gasteiger charge is 2.18. The maximum atomic E-state index is 10.7. The fourth-order valence-electron chi connectivity index (χ4n) is 1.27. The van der Waals surface area contributed by atoms with Crippen molar-refractivity contribution >= 4 is 5.97 Å². The Balaban J connectivity index is 3.16. The minimum atomic E-state index is -1.15. The minimum absolute atomic E-state index is 0.250. The zero-order valence-corrected chi connectivity index (χ0v) is 8.30. The van der Waals surface area contributed by atoms with Gasteiger partial charge in [0.2, 0.25) is 0 Å². The lowest BCUT2D eigenvalue weighted by Crippen LogP contribution is -2.22. The van der Waals surface area contributed by atoms with Crippen molar-refractivity contribution in [3.05, 3.63) is 29.3 Å². The van der Waals surface area contributed by atoms with Crippen molar-refractivity contribution < 1.29 is 19.7 Å². The topological polar surface area (TPSA) is 92.8 Å². The number of hydrogen-bond donors (Lipinski definition) is 3. The average Bonchev–Trinajstić information content (AvgIpc) is 2.27. The van der Waals surface area contributed by atoms with E-state index in [2.05, 4.69) is 0 Å². The van der Waals surface area contributed by atoms with Gasteiger partial charge in [-0.2, -0.15) is 0 Å². The van der Waals surface area contributed by atoms with Crippen LogP contribution in [0.3, 0.4) is 0 Å². The van der Waals surface area contributed by atoms with Crippen LogP contribution in [0.15, 0.2) is 18.2 Å². The van der Waals surface area contributed by atoms with Crippen LogP contribution in [0.4, 0.5) is 0 Å². The second-order valence-corrected chi connectivity index (χ2v) is 3.04. The third-order valence-electron chi connectivity index (χ3n) is 2.12. The van der Waals surface area contributed by atoms with Crippen molar-refractivity contribution in [2.45, 2.75) is 12.6 Å². The number of aliphatic hydroxyl groups excluding tert-OH is 1. The van der Waals surface area contributed by atoms with Crippen LogP contribution in [-0.4, -0.2) is 23.3 Å². The summed E-state index contributed by atoms with van der Waals surface area (Å²) in [5.41, 5.74) is 6.33. The number of carbonyl (C=O) groups is 1. The molecule has 0 aliphatic carbocycles. The number of benzene rings is 1. The minimum Gasteiger partial charge on any atom is -0.497 e. The highest BCUT2D eigenvalue weighted by atomic mass is 16.5. The molecular formula is C10H13NO4. The van der Waals surface area contributed by atoms with Gasteiger partial charge in [0.25, 0.3) is 0 Å². The van der Waals surface area contributed by atoms with Crippen LogP contribution in [0.25, 0.3) is 0 Å². The summed E-state index contributed by atoms with van der Waals surface area (Å²) in [6.45, 7) is -0.250. The summed E-state index contributed by atoms with van der Waals surface area (Å²) in [4.78, 5) is 10.7. The van der Waals surface area contributed by atoms with Gasteiger partial charge in [-0.25, -0.2) is 0 Å². The summed E-state index contributed by atoms with van der Waals surface area (Å²) in [5.74, 6) is -0.628. The second kappa shape index (κ2) is 4.77. The first kappa shape index (κ1) is 11.5. The summed E-state index contributed by atoms with van der Waals surface area (Å²) in [5, 5.41) is 17.8. The molecule has 1 aromatic rings. The van der Waals surface area contributed by atoms with Crippen molar-refractivity contribution in [1.29, 1.82) is 0 Å². The average molecular weight is 211 g/mol. The number of hydrogen-bond acceptors (Lipinski definition) is 4. The first-order valence-corrected chi connectivity index (χ1v) is 4.36. The summed E-state index contributed by atoms with van der Waals surface area (Å²) >= 11 is 0. The van der Waals surface area contributed by atoms with Gasteiger partial charge in [-0.3, -0.25) is 4.79 Å². The number of carboxylic acids is 1. The summed E-state index contributed by atoms with van der Waals surface area (Å²) < 4.78 is 4.95. The van der Waals surface area contributed by atoms with Crippen molar-refractivity contribution in [2.75, 3.05) is 7.11 Å². The van der Waals surface area contributed by atoms with Crippen LogP contribution in [0.5, 0.6) is 5.75 Å². The molecule has 0 unspecified atom stereocenters. The predicted molar refractivity (Wildman–Crippen MR) is 53.5 cm³/mol. The van der Waals surface area contributed by atoms with E-state index in [1.54, 1.807) is 12.1 Å². The van der Waals surface area contributed by atoms with Crippen molar-refractivity contribution in [1.82, 2.24) is 0 Å². The number of carboxylic acid groups (broad SMARTS) is 1. The molecule has 4 N–H and O–H groups in total. The van der Waals surface area contributed by atoms with Crippen molar-refractivity contribution in [2.24, 2.45) is 5.73 Å². The monoisotopic (exact) mass is 211 g/mol. The number of methoxy groups -OCH3 is 1. The Bertz CT molecular complexity index is 364. The third-order valence-corrected chi connectivity index (χ3v) is 2.12. The molecule has 0 fully saturated rings. The Morgan fingerprint density at radius 2 is 2.27 bits per heavy atom. The Labute approximate surface area is 87.1 Å². The van der Waals surface area contributed by atoms with Gasteiger partial charge in [0.05, 0.1) is 13.7 Å². The standard InChI is InChI=1S/C10H13NO4/c1-15-7-3-2-6(5-12)8(4-7)9(11)10(13)14/h2-4,9,12H,5,11H2,1H3,(H,13,14)/t9-/m0/s1.